The van der Waals surface area contributed by atoms with Crippen LogP contribution in [0.25, 0.3) is 0 Å². The molecule has 0 radical (unpaired) electrons. The molecule has 0 bridgehead atoms. The summed E-state index contributed by atoms with van der Waals surface area (Å²) in [6.07, 6.45) is 20.8. The molecule has 1 heterocycles. The summed E-state index contributed by atoms with van der Waals surface area (Å²) >= 11 is 0. The number of carbonyl (C=O) groups is 4. The minimum Gasteiger partial charge on any atom is -0.481 e. The van der Waals surface area contributed by atoms with E-state index in [4.69, 9.17) is 14.6 Å². The Bertz CT molecular complexity index is 1050. The van der Waals surface area contributed by atoms with Gasteiger partial charge in [0, 0.05) is 12.3 Å². The maximum Gasteiger partial charge on any atom is 0.326 e. The molecule has 0 aliphatic carbocycles. The number of nitrogens with one attached hydrogen (secondary N) is 2. The Labute approximate surface area is 348 Å². The summed E-state index contributed by atoms with van der Waals surface area (Å²) in [7, 11) is 0. The Morgan fingerprint density at radius 1 is 0.552 bits per heavy atom. The van der Waals surface area contributed by atoms with Gasteiger partial charge in [0.05, 0.1) is 13.2 Å². The number of rotatable bonds is 38. The molecule has 0 aromatic carbocycles. The number of aliphatic hydroxyl groups is 4. The molecule has 1 rings (SSSR count). The summed E-state index contributed by atoms with van der Waals surface area (Å²) < 4.78 is 11.0. The molecular weight excluding hydrogens is 748 g/mol. The molecule has 1 aliphatic heterocycles. The molecule has 7 atom stereocenters. The predicted octanol–water partition coefficient (Wildman–Crippen LogP) is 6.52. The van der Waals surface area contributed by atoms with E-state index < -0.39 is 98.5 Å². The number of carbonyl (C=O) groups excluding carboxylic acids is 2. The Hall–Kier alpha value is -2.36. The van der Waals surface area contributed by atoms with Gasteiger partial charge in [-0.25, -0.2) is 4.79 Å². The van der Waals surface area contributed by atoms with E-state index in [1.165, 1.54) is 103 Å². The van der Waals surface area contributed by atoms with Crippen LogP contribution in [-0.4, -0.2) is 110 Å². The molecule has 8 N–H and O–H groups in total. The van der Waals surface area contributed by atoms with Crippen molar-refractivity contribution in [1.82, 2.24) is 10.6 Å². The highest BCUT2D eigenvalue weighted by atomic mass is 16.7. The van der Waals surface area contributed by atoms with E-state index in [1.54, 1.807) is 0 Å². The lowest BCUT2D eigenvalue weighted by Crippen LogP contribution is -2.60. The average Bonchev–Trinajstić information content (AvgIpc) is 3.20. The molecule has 2 amide bonds. The van der Waals surface area contributed by atoms with Gasteiger partial charge in [-0.05, 0) is 19.3 Å². The second kappa shape index (κ2) is 34.4. The first-order chi connectivity index (χ1) is 28.0. The van der Waals surface area contributed by atoms with Crippen LogP contribution in [0.3, 0.4) is 0 Å². The zero-order valence-corrected chi connectivity index (χ0v) is 36.0. The molecular formula is C44H82N2O12. The van der Waals surface area contributed by atoms with Crippen molar-refractivity contribution in [2.24, 2.45) is 5.92 Å². The maximum absolute atomic E-state index is 13.9. The molecule has 1 aliphatic rings. The Morgan fingerprint density at radius 3 is 1.36 bits per heavy atom. The Kier molecular flexibility index (Phi) is 31.8. The number of ether oxygens (including phenoxy) is 2. The van der Waals surface area contributed by atoms with E-state index in [-0.39, 0.29) is 0 Å². The van der Waals surface area contributed by atoms with Gasteiger partial charge in [0.15, 0.2) is 6.29 Å². The smallest absolute Gasteiger partial charge is 0.326 e. The number of unbranched alkanes of at least 4 members (excludes halogenated alkanes) is 22. The van der Waals surface area contributed by atoms with Crippen LogP contribution in [0.15, 0.2) is 0 Å². The molecule has 0 unspecified atom stereocenters. The number of aliphatic hydroxyl groups excluding tert-OH is 4. The number of hydrogen-bond acceptors (Lipinski definition) is 10. The van der Waals surface area contributed by atoms with E-state index in [2.05, 4.69) is 24.5 Å². The predicted molar refractivity (Wildman–Crippen MR) is 223 cm³/mol. The van der Waals surface area contributed by atoms with Crippen molar-refractivity contribution < 1.29 is 59.3 Å². The Morgan fingerprint density at radius 2 is 0.966 bits per heavy atom. The standard InChI is InChI=1S/C44H82N2O12/c1-3-5-7-9-11-13-15-17-19-21-23-25-27-33(28-26-24-22-20-18-16-14-12-10-8-6-4-2)41(53)46-35(42(54)45-34(43(55)56)29-30-37(48)49)32-57-44-40(52)39(51)38(50)36(31-47)58-44/h33-36,38-40,44,47,50-52H,3-32H2,1-2H3,(H,45,54)(H,46,53)(H,48,49)(H,55,56)/t34-,35+,36-,38-,39+,40+,44+/m1/s1. The fourth-order valence-electron chi connectivity index (χ4n) is 7.54. The summed E-state index contributed by atoms with van der Waals surface area (Å²) in [4.78, 5) is 50.6. The van der Waals surface area contributed by atoms with Crippen LogP contribution in [-0.2, 0) is 28.7 Å². The van der Waals surface area contributed by atoms with Crippen LogP contribution in [0.4, 0.5) is 0 Å². The van der Waals surface area contributed by atoms with Crippen molar-refractivity contribution in [2.75, 3.05) is 13.2 Å². The number of aliphatic carboxylic acids is 2. The summed E-state index contributed by atoms with van der Waals surface area (Å²) in [5, 5.41) is 64.3. The first-order valence-corrected chi connectivity index (χ1v) is 22.9. The lowest BCUT2D eigenvalue weighted by Gasteiger charge is -2.40. The summed E-state index contributed by atoms with van der Waals surface area (Å²) in [6.45, 7) is 3.14. The van der Waals surface area contributed by atoms with Gasteiger partial charge in [0.2, 0.25) is 11.8 Å². The average molecular weight is 831 g/mol. The van der Waals surface area contributed by atoms with Crippen LogP contribution >= 0.6 is 0 Å². The topological polar surface area (TPSA) is 232 Å². The highest BCUT2D eigenvalue weighted by Gasteiger charge is 2.44. The molecule has 0 aromatic rings. The number of carboxylic acid groups (broad SMARTS) is 2. The highest BCUT2D eigenvalue weighted by Crippen LogP contribution is 2.24. The quantitative estimate of drug-likeness (QED) is 0.0311. The third-order valence-corrected chi connectivity index (χ3v) is 11.4. The lowest BCUT2D eigenvalue weighted by atomic mass is 9.92. The van der Waals surface area contributed by atoms with E-state index in [9.17, 15) is 44.7 Å². The minimum atomic E-state index is -1.76. The third-order valence-electron chi connectivity index (χ3n) is 11.4. The van der Waals surface area contributed by atoms with E-state index >= 15 is 0 Å². The molecule has 58 heavy (non-hydrogen) atoms. The molecule has 14 heteroatoms. The zero-order chi connectivity index (χ0) is 43.0. The van der Waals surface area contributed by atoms with Crippen LogP contribution in [0.1, 0.15) is 194 Å². The second-order valence-corrected chi connectivity index (χ2v) is 16.5. The molecule has 1 saturated heterocycles. The van der Waals surface area contributed by atoms with Crippen LogP contribution in [0, 0.1) is 5.92 Å². The highest BCUT2D eigenvalue weighted by molar-refractivity contribution is 5.91. The molecule has 340 valence electrons. The van der Waals surface area contributed by atoms with Crippen LogP contribution in [0.5, 0.6) is 0 Å². The molecule has 0 saturated carbocycles. The zero-order valence-electron chi connectivity index (χ0n) is 36.0. The van der Waals surface area contributed by atoms with Crippen LogP contribution in [0.2, 0.25) is 0 Å². The van der Waals surface area contributed by atoms with Gasteiger partial charge in [-0.15, -0.1) is 0 Å². The Balaban J connectivity index is 2.92. The van der Waals surface area contributed by atoms with Crippen LogP contribution < -0.4 is 10.6 Å². The fraction of sp³-hybridized carbons (Fsp3) is 0.909. The SMILES string of the molecule is CCCCCCCCCCCCCCC(CCCCCCCCCCCCCC)C(=O)N[C@@H](CO[C@H]1O[C@H](CO)[C@@H](O)[C@H](O)[C@@H]1O)C(=O)N[C@H](CCC(=O)O)C(=O)O. The number of amides is 2. The normalized spacial score (nSPS) is 20.5. The first-order valence-electron chi connectivity index (χ1n) is 22.9. The van der Waals surface area contributed by atoms with E-state index in [0.29, 0.717) is 12.8 Å². The molecule has 0 aromatic heterocycles. The van der Waals surface area contributed by atoms with Gasteiger partial charge in [-0.1, -0.05) is 168 Å². The summed E-state index contributed by atoms with van der Waals surface area (Å²) in [5.41, 5.74) is 0. The van der Waals surface area contributed by atoms with Gasteiger partial charge in [0.1, 0.15) is 36.5 Å². The monoisotopic (exact) mass is 831 g/mol. The first kappa shape index (κ1) is 53.7. The maximum atomic E-state index is 13.9. The van der Waals surface area contributed by atoms with Gasteiger partial charge in [-0.2, -0.15) is 0 Å². The van der Waals surface area contributed by atoms with E-state index in [0.717, 1.165) is 51.4 Å². The van der Waals surface area contributed by atoms with Crippen molar-refractivity contribution in [3.8, 4) is 0 Å². The molecule has 14 nitrogen and oxygen atoms in total. The third kappa shape index (κ3) is 24.7. The van der Waals surface area contributed by atoms with Crippen molar-refractivity contribution >= 4 is 23.8 Å². The number of carboxylic acids is 2. The van der Waals surface area contributed by atoms with Crippen molar-refractivity contribution in [1.29, 1.82) is 0 Å². The van der Waals surface area contributed by atoms with Crippen molar-refractivity contribution in [3.63, 3.8) is 0 Å². The molecule has 0 spiro atoms. The number of hydrogen-bond donors (Lipinski definition) is 8. The molecule has 1 fully saturated rings. The van der Waals surface area contributed by atoms with E-state index in [1.807, 2.05) is 0 Å². The second-order valence-electron chi connectivity index (χ2n) is 16.5. The summed E-state index contributed by atoms with van der Waals surface area (Å²) in [5.74, 6) is -4.46. The summed E-state index contributed by atoms with van der Waals surface area (Å²) in [6, 6.07) is -3.04. The van der Waals surface area contributed by atoms with Gasteiger partial charge in [-0.3, -0.25) is 14.4 Å². The minimum absolute atomic E-state index is 0.398. The van der Waals surface area contributed by atoms with Crippen molar-refractivity contribution in [2.45, 2.75) is 236 Å². The largest absolute Gasteiger partial charge is 0.481 e. The van der Waals surface area contributed by atoms with Gasteiger partial charge >= 0.3 is 11.9 Å². The lowest BCUT2D eigenvalue weighted by molar-refractivity contribution is -0.301. The van der Waals surface area contributed by atoms with Crippen molar-refractivity contribution in [3.05, 3.63) is 0 Å². The fourth-order valence-corrected chi connectivity index (χ4v) is 7.54. The van der Waals surface area contributed by atoms with Gasteiger partial charge < -0.3 is 50.7 Å². The van der Waals surface area contributed by atoms with Gasteiger partial charge in [0.25, 0.3) is 0 Å².